The lowest BCUT2D eigenvalue weighted by molar-refractivity contribution is 0.864. The highest BCUT2D eigenvalue weighted by atomic mass is 16.1. The molecule has 0 bridgehead atoms. The Morgan fingerprint density at radius 2 is 1.74 bits per heavy atom. The molecule has 0 aliphatic carbocycles. The Morgan fingerprint density at radius 3 is 2.45 bits per heavy atom. The number of H-pyrrole nitrogens is 1. The summed E-state index contributed by atoms with van der Waals surface area (Å²) in [5, 5.41) is 9.56. The molecule has 0 atom stereocenters. The summed E-state index contributed by atoms with van der Waals surface area (Å²) in [7, 11) is 0. The minimum Gasteiger partial charge on any atom is -0.379 e. The van der Waals surface area contributed by atoms with Gasteiger partial charge in [-0.25, -0.2) is 4.98 Å². The molecule has 0 aliphatic heterocycles. The standard InChI is InChI=1S/C24H28N6O/c1-15(2)19-8-6-18(7-9-19)13-26-23-28-24-27-20(12-22(31)30(24)29-23)14-25-21-10-5-16(3)11-17(21)4/h5-12,15,25H,13-14H2,1-4H3,(H2,26,27,28,29). The van der Waals surface area contributed by atoms with Crippen molar-refractivity contribution in [2.75, 3.05) is 10.6 Å². The van der Waals surface area contributed by atoms with Crippen LogP contribution in [-0.4, -0.2) is 19.6 Å². The number of hydrogen-bond acceptors (Lipinski definition) is 5. The summed E-state index contributed by atoms with van der Waals surface area (Å²) in [6.07, 6.45) is 0. The molecule has 7 nitrogen and oxygen atoms in total. The molecule has 2 heterocycles. The number of hydrogen-bond donors (Lipinski definition) is 3. The predicted octanol–water partition coefficient (Wildman–Crippen LogP) is 4.38. The zero-order valence-electron chi connectivity index (χ0n) is 18.4. The van der Waals surface area contributed by atoms with E-state index in [1.165, 1.54) is 21.7 Å². The van der Waals surface area contributed by atoms with Gasteiger partial charge >= 0.3 is 0 Å². The first kappa shape index (κ1) is 20.7. The molecule has 0 saturated heterocycles. The van der Waals surface area contributed by atoms with Crippen LogP contribution in [-0.2, 0) is 13.1 Å². The Hall–Kier alpha value is -3.61. The van der Waals surface area contributed by atoms with Gasteiger partial charge in [-0.1, -0.05) is 55.8 Å². The topological polar surface area (TPSA) is 87.1 Å². The number of anilines is 2. The molecule has 4 rings (SSSR count). The van der Waals surface area contributed by atoms with E-state index in [0.29, 0.717) is 36.4 Å². The van der Waals surface area contributed by atoms with Gasteiger partial charge in [-0.3, -0.25) is 9.89 Å². The molecule has 4 aromatic rings. The van der Waals surface area contributed by atoms with Crippen LogP contribution < -0.4 is 16.2 Å². The SMILES string of the molecule is Cc1ccc(NCc2cc(=O)n3[nH]c(NCc4ccc(C(C)C)cc4)nc3n2)c(C)c1. The quantitative estimate of drug-likeness (QED) is 0.416. The lowest BCUT2D eigenvalue weighted by Crippen LogP contribution is -2.17. The fourth-order valence-corrected chi connectivity index (χ4v) is 3.50. The first-order chi connectivity index (χ1) is 14.9. The lowest BCUT2D eigenvalue weighted by atomic mass is 10.0. The van der Waals surface area contributed by atoms with Gasteiger partial charge in [0.25, 0.3) is 11.3 Å². The number of rotatable bonds is 7. The van der Waals surface area contributed by atoms with Crippen molar-refractivity contribution < 1.29 is 0 Å². The fourth-order valence-electron chi connectivity index (χ4n) is 3.50. The van der Waals surface area contributed by atoms with E-state index in [9.17, 15) is 4.79 Å². The molecule has 2 aromatic carbocycles. The molecule has 2 aromatic heterocycles. The first-order valence-corrected chi connectivity index (χ1v) is 10.5. The fraction of sp³-hybridized carbons (Fsp3) is 0.292. The summed E-state index contributed by atoms with van der Waals surface area (Å²) < 4.78 is 1.35. The second kappa shape index (κ2) is 8.63. The number of benzene rings is 2. The number of aromatic amines is 1. The Morgan fingerprint density at radius 1 is 0.968 bits per heavy atom. The van der Waals surface area contributed by atoms with Gasteiger partial charge in [0, 0.05) is 18.3 Å². The highest BCUT2D eigenvalue weighted by Gasteiger charge is 2.09. The molecule has 7 heteroatoms. The van der Waals surface area contributed by atoms with E-state index in [0.717, 1.165) is 16.8 Å². The van der Waals surface area contributed by atoms with E-state index in [-0.39, 0.29) is 5.56 Å². The van der Waals surface area contributed by atoms with Crippen LogP contribution in [0.2, 0.25) is 0 Å². The average molecular weight is 417 g/mol. The second-order valence-electron chi connectivity index (χ2n) is 8.22. The zero-order valence-corrected chi connectivity index (χ0v) is 18.4. The van der Waals surface area contributed by atoms with Crippen molar-refractivity contribution >= 4 is 17.4 Å². The van der Waals surface area contributed by atoms with E-state index >= 15 is 0 Å². The van der Waals surface area contributed by atoms with Crippen molar-refractivity contribution in [3.63, 3.8) is 0 Å². The minimum absolute atomic E-state index is 0.190. The van der Waals surface area contributed by atoms with Crippen LogP contribution in [0, 0.1) is 13.8 Å². The van der Waals surface area contributed by atoms with E-state index in [4.69, 9.17) is 0 Å². The van der Waals surface area contributed by atoms with Gasteiger partial charge in [0.15, 0.2) is 0 Å². The van der Waals surface area contributed by atoms with Crippen LogP contribution in [0.1, 0.15) is 47.7 Å². The Bertz CT molecular complexity index is 1250. The molecule has 160 valence electrons. The van der Waals surface area contributed by atoms with Crippen LogP contribution in [0.15, 0.2) is 53.3 Å². The first-order valence-electron chi connectivity index (χ1n) is 10.5. The van der Waals surface area contributed by atoms with Crippen molar-refractivity contribution in [2.24, 2.45) is 0 Å². The van der Waals surface area contributed by atoms with Crippen LogP contribution >= 0.6 is 0 Å². The second-order valence-corrected chi connectivity index (χ2v) is 8.22. The summed E-state index contributed by atoms with van der Waals surface area (Å²) in [6.45, 7) is 9.54. The van der Waals surface area contributed by atoms with Gasteiger partial charge < -0.3 is 10.6 Å². The molecule has 0 radical (unpaired) electrons. The normalized spacial score (nSPS) is 11.3. The Kier molecular flexibility index (Phi) is 5.75. The highest BCUT2D eigenvalue weighted by Crippen LogP contribution is 2.17. The maximum atomic E-state index is 12.5. The van der Waals surface area contributed by atoms with Crippen molar-refractivity contribution in [3.8, 4) is 0 Å². The summed E-state index contributed by atoms with van der Waals surface area (Å²) >= 11 is 0. The minimum atomic E-state index is -0.190. The van der Waals surface area contributed by atoms with E-state index in [1.807, 2.05) is 6.07 Å². The third-order valence-corrected chi connectivity index (χ3v) is 5.33. The van der Waals surface area contributed by atoms with Gasteiger partial charge in [-0.2, -0.15) is 9.50 Å². The highest BCUT2D eigenvalue weighted by molar-refractivity contribution is 5.52. The molecule has 0 fully saturated rings. The van der Waals surface area contributed by atoms with Crippen molar-refractivity contribution in [1.82, 2.24) is 19.6 Å². The number of nitrogens with one attached hydrogen (secondary N) is 3. The maximum Gasteiger partial charge on any atom is 0.274 e. The summed E-state index contributed by atoms with van der Waals surface area (Å²) in [4.78, 5) is 21.5. The predicted molar refractivity (Wildman–Crippen MR) is 125 cm³/mol. The van der Waals surface area contributed by atoms with Gasteiger partial charge in [0.1, 0.15) is 0 Å². The number of aromatic nitrogens is 4. The third-order valence-electron chi connectivity index (χ3n) is 5.33. The van der Waals surface area contributed by atoms with Gasteiger partial charge in [-0.05, 0) is 42.5 Å². The molecule has 0 unspecified atom stereocenters. The summed E-state index contributed by atoms with van der Waals surface area (Å²) in [5.74, 6) is 1.37. The van der Waals surface area contributed by atoms with E-state index < -0.39 is 0 Å². The van der Waals surface area contributed by atoms with Gasteiger partial charge in [0.05, 0.1) is 12.2 Å². The molecule has 0 spiro atoms. The van der Waals surface area contributed by atoms with E-state index in [2.05, 4.69) is 89.8 Å². The van der Waals surface area contributed by atoms with Crippen LogP contribution in [0.5, 0.6) is 0 Å². The van der Waals surface area contributed by atoms with Crippen molar-refractivity contribution in [1.29, 1.82) is 0 Å². The zero-order chi connectivity index (χ0) is 22.0. The smallest absolute Gasteiger partial charge is 0.274 e. The van der Waals surface area contributed by atoms with E-state index in [1.54, 1.807) is 0 Å². The molecule has 0 aliphatic rings. The molecule has 31 heavy (non-hydrogen) atoms. The molecular formula is C24H28N6O. The Labute approximate surface area is 181 Å². The summed E-state index contributed by atoms with van der Waals surface area (Å²) in [5.41, 5.74) is 6.31. The molecule has 3 N–H and O–H groups in total. The van der Waals surface area contributed by atoms with Crippen LogP contribution in [0.4, 0.5) is 11.6 Å². The lowest BCUT2D eigenvalue weighted by Gasteiger charge is -2.09. The largest absolute Gasteiger partial charge is 0.379 e. The van der Waals surface area contributed by atoms with Crippen LogP contribution in [0.25, 0.3) is 5.78 Å². The van der Waals surface area contributed by atoms with Gasteiger partial charge in [0.2, 0.25) is 5.95 Å². The number of aryl methyl sites for hydroxylation is 2. The monoisotopic (exact) mass is 416 g/mol. The third kappa shape index (κ3) is 4.77. The molecular weight excluding hydrogens is 388 g/mol. The van der Waals surface area contributed by atoms with Crippen LogP contribution in [0.3, 0.4) is 0 Å². The van der Waals surface area contributed by atoms with Crippen molar-refractivity contribution in [3.05, 3.63) is 86.8 Å². The average Bonchev–Trinajstić information content (AvgIpc) is 3.15. The maximum absolute atomic E-state index is 12.5. The van der Waals surface area contributed by atoms with Gasteiger partial charge in [-0.15, -0.1) is 0 Å². The molecule has 0 saturated carbocycles. The summed E-state index contributed by atoms with van der Waals surface area (Å²) in [6, 6.07) is 16.2. The molecule has 0 amide bonds. The number of fused-ring (bicyclic) bond motifs is 1. The Balaban J connectivity index is 1.46. The number of nitrogens with zero attached hydrogens (tertiary/aromatic N) is 3. The van der Waals surface area contributed by atoms with Crippen molar-refractivity contribution in [2.45, 2.75) is 46.7 Å².